The molecule has 0 heterocycles. The van der Waals surface area contributed by atoms with Crippen LogP contribution in [-0.4, -0.2) is 13.1 Å². The van der Waals surface area contributed by atoms with Crippen LogP contribution >= 0.6 is 0 Å². The number of esters is 1. The van der Waals surface area contributed by atoms with Gasteiger partial charge in [0.1, 0.15) is 0 Å². The van der Waals surface area contributed by atoms with Gasteiger partial charge in [-0.1, -0.05) is 12.7 Å². The number of ether oxygens (including phenoxy) is 1. The maximum absolute atomic E-state index is 10.6. The van der Waals surface area contributed by atoms with E-state index in [0.717, 1.165) is 5.70 Å². The summed E-state index contributed by atoms with van der Waals surface area (Å²) in [5.74, 6) is -0.375. The lowest BCUT2D eigenvalue weighted by Gasteiger charge is -1.98. The normalized spacial score (nSPS) is 11.3. The van der Waals surface area contributed by atoms with Gasteiger partial charge in [0.05, 0.1) is 7.11 Å². The molecule has 0 aliphatic heterocycles. The molecular formula is C9H13NO2. The number of carbonyl (C=O) groups is 1. The fourth-order valence-corrected chi connectivity index (χ4v) is 0.571. The zero-order valence-corrected chi connectivity index (χ0v) is 7.33. The third kappa shape index (κ3) is 4.33. The first kappa shape index (κ1) is 10.5. The van der Waals surface area contributed by atoms with Crippen LogP contribution in [0.2, 0.25) is 0 Å². The quantitative estimate of drug-likeness (QED) is 0.390. The predicted molar refractivity (Wildman–Crippen MR) is 48.2 cm³/mol. The lowest BCUT2D eigenvalue weighted by molar-refractivity contribution is -0.134. The van der Waals surface area contributed by atoms with Crippen LogP contribution in [0.1, 0.15) is 6.92 Å². The molecule has 1 N–H and O–H groups in total. The SMILES string of the molecule is C=CNC(=C\C)/C=C/C(=O)OC. The standard InChI is InChI=1S/C9H13NO2/c1-4-8(10-5-2)6-7-9(11)12-3/h4-7,10H,2H2,1,3H3/b7-6+,8-4-. The van der Waals surface area contributed by atoms with Crippen LogP contribution in [0.3, 0.4) is 0 Å². The van der Waals surface area contributed by atoms with E-state index in [9.17, 15) is 4.79 Å². The van der Waals surface area contributed by atoms with E-state index in [0.29, 0.717) is 0 Å². The third-order valence-electron chi connectivity index (χ3n) is 1.18. The minimum Gasteiger partial charge on any atom is -0.466 e. The van der Waals surface area contributed by atoms with Gasteiger partial charge in [0.15, 0.2) is 0 Å². The van der Waals surface area contributed by atoms with Crippen molar-refractivity contribution in [1.82, 2.24) is 5.32 Å². The van der Waals surface area contributed by atoms with Crippen molar-refractivity contribution in [2.45, 2.75) is 6.92 Å². The molecule has 0 rings (SSSR count). The van der Waals surface area contributed by atoms with Crippen LogP contribution in [0.4, 0.5) is 0 Å². The number of nitrogens with one attached hydrogen (secondary N) is 1. The molecule has 0 saturated carbocycles. The van der Waals surface area contributed by atoms with Crippen LogP contribution in [0.5, 0.6) is 0 Å². The highest BCUT2D eigenvalue weighted by molar-refractivity contribution is 5.82. The van der Waals surface area contributed by atoms with Crippen molar-refractivity contribution in [3.8, 4) is 0 Å². The molecule has 12 heavy (non-hydrogen) atoms. The Hall–Kier alpha value is -1.51. The Labute approximate surface area is 72.4 Å². The van der Waals surface area contributed by atoms with Gasteiger partial charge in [-0.25, -0.2) is 4.79 Å². The average molecular weight is 167 g/mol. The minimum atomic E-state index is -0.375. The van der Waals surface area contributed by atoms with E-state index in [2.05, 4.69) is 16.6 Å². The summed E-state index contributed by atoms with van der Waals surface area (Å²) >= 11 is 0. The van der Waals surface area contributed by atoms with Gasteiger partial charge >= 0.3 is 5.97 Å². The number of carbonyl (C=O) groups excluding carboxylic acids is 1. The molecule has 0 unspecified atom stereocenters. The number of methoxy groups -OCH3 is 1. The van der Waals surface area contributed by atoms with Crippen LogP contribution in [0.25, 0.3) is 0 Å². The molecule has 0 radical (unpaired) electrons. The molecule has 0 saturated heterocycles. The molecule has 0 atom stereocenters. The van der Waals surface area contributed by atoms with Gasteiger partial charge in [-0.05, 0) is 19.2 Å². The molecular weight excluding hydrogens is 154 g/mol. The lowest BCUT2D eigenvalue weighted by Crippen LogP contribution is -2.02. The van der Waals surface area contributed by atoms with E-state index >= 15 is 0 Å². The Balaban J connectivity index is 4.11. The van der Waals surface area contributed by atoms with Crippen LogP contribution in [0.15, 0.2) is 36.7 Å². The Morgan fingerprint density at radius 1 is 1.50 bits per heavy atom. The summed E-state index contributed by atoms with van der Waals surface area (Å²) in [6.45, 7) is 5.35. The van der Waals surface area contributed by atoms with Crippen molar-refractivity contribution >= 4 is 5.97 Å². The molecule has 3 heteroatoms. The minimum absolute atomic E-state index is 0.375. The fraction of sp³-hybridized carbons (Fsp3) is 0.222. The molecule has 0 spiro atoms. The van der Waals surface area contributed by atoms with Crippen molar-refractivity contribution in [3.63, 3.8) is 0 Å². The third-order valence-corrected chi connectivity index (χ3v) is 1.18. The van der Waals surface area contributed by atoms with E-state index in [4.69, 9.17) is 0 Å². The molecule has 0 aliphatic rings. The van der Waals surface area contributed by atoms with Crippen LogP contribution < -0.4 is 5.32 Å². The first-order valence-corrected chi connectivity index (χ1v) is 3.54. The number of hydrogen-bond acceptors (Lipinski definition) is 3. The molecule has 66 valence electrons. The van der Waals surface area contributed by atoms with Gasteiger partial charge in [0.25, 0.3) is 0 Å². The highest BCUT2D eigenvalue weighted by Crippen LogP contribution is 1.91. The van der Waals surface area contributed by atoms with Gasteiger partial charge in [-0.3, -0.25) is 0 Å². The van der Waals surface area contributed by atoms with Gasteiger partial charge in [0, 0.05) is 11.8 Å². The maximum Gasteiger partial charge on any atom is 0.330 e. The first-order chi connectivity index (χ1) is 5.74. The van der Waals surface area contributed by atoms with E-state index in [1.807, 2.05) is 13.0 Å². The zero-order chi connectivity index (χ0) is 9.40. The van der Waals surface area contributed by atoms with E-state index in [1.165, 1.54) is 19.4 Å². The van der Waals surface area contributed by atoms with Crippen molar-refractivity contribution in [1.29, 1.82) is 0 Å². The Morgan fingerprint density at radius 3 is 2.58 bits per heavy atom. The maximum atomic E-state index is 10.6. The van der Waals surface area contributed by atoms with Gasteiger partial charge in [-0.2, -0.15) is 0 Å². The number of hydrogen-bond donors (Lipinski definition) is 1. The topological polar surface area (TPSA) is 38.3 Å². The van der Waals surface area contributed by atoms with Crippen molar-refractivity contribution < 1.29 is 9.53 Å². The highest BCUT2D eigenvalue weighted by Gasteiger charge is 1.90. The molecule has 0 aromatic heterocycles. The second-order valence-electron chi connectivity index (χ2n) is 1.95. The van der Waals surface area contributed by atoms with Crippen molar-refractivity contribution in [2.24, 2.45) is 0 Å². The van der Waals surface area contributed by atoms with Crippen LogP contribution in [-0.2, 0) is 9.53 Å². The summed E-state index contributed by atoms with van der Waals surface area (Å²) in [6, 6.07) is 0. The van der Waals surface area contributed by atoms with Gasteiger partial charge in [-0.15, -0.1) is 0 Å². The van der Waals surface area contributed by atoms with E-state index in [-0.39, 0.29) is 5.97 Å². The summed E-state index contributed by atoms with van der Waals surface area (Å²) in [4.78, 5) is 10.6. The first-order valence-electron chi connectivity index (χ1n) is 3.54. The number of rotatable bonds is 4. The van der Waals surface area contributed by atoms with Gasteiger partial charge in [0.2, 0.25) is 0 Å². The fourth-order valence-electron chi connectivity index (χ4n) is 0.571. The Bertz CT molecular complexity index is 217. The molecule has 0 amide bonds. The molecule has 0 bridgehead atoms. The Morgan fingerprint density at radius 2 is 2.17 bits per heavy atom. The average Bonchev–Trinajstić information content (AvgIpc) is 2.11. The molecule has 0 aliphatic carbocycles. The summed E-state index contributed by atoms with van der Waals surface area (Å²) < 4.78 is 4.42. The molecule has 3 nitrogen and oxygen atoms in total. The summed E-state index contributed by atoms with van der Waals surface area (Å²) in [6.07, 6.45) is 6.32. The largest absolute Gasteiger partial charge is 0.466 e. The molecule has 0 fully saturated rings. The van der Waals surface area contributed by atoms with Crippen molar-refractivity contribution in [3.05, 3.63) is 36.7 Å². The summed E-state index contributed by atoms with van der Waals surface area (Å²) in [5.41, 5.74) is 0.801. The Kier molecular flexibility index (Phi) is 5.43. The van der Waals surface area contributed by atoms with Gasteiger partial charge < -0.3 is 10.1 Å². The van der Waals surface area contributed by atoms with Crippen LogP contribution in [0, 0.1) is 0 Å². The second-order valence-corrected chi connectivity index (χ2v) is 1.95. The second kappa shape index (κ2) is 6.22. The summed E-state index contributed by atoms with van der Waals surface area (Å²) in [7, 11) is 1.34. The zero-order valence-electron chi connectivity index (χ0n) is 7.33. The summed E-state index contributed by atoms with van der Waals surface area (Å²) in [5, 5.41) is 2.84. The smallest absolute Gasteiger partial charge is 0.330 e. The van der Waals surface area contributed by atoms with E-state index in [1.54, 1.807) is 6.08 Å². The molecule has 0 aromatic carbocycles. The van der Waals surface area contributed by atoms with E-state index < -0.39 is 0 Å². The monoisotopic (exact) mass is 167 g/mol. The number of allylic oxidation sites excluding steroid dienone is 2. The van der Waals surface area contributed by atoms with Crippen molar-refractivity contribution in [2.75, 3.05) is 7.11 Å². The highest BCUT2D eigenvalue weighted by atomic mass is 16.5. The lowest BCUT2D eigenvalue weighted by atomic mass is 10.3. The molecule has 0 aromatic rings. The predicted octanol–water partition coefficient (Wildman–Crippen LogP) is 1.35.